The van der Waals surface area contributed by atoms with Crippen molar-refractivity contribution in [2.45, 2.75) is 13.0 Å². The molecule has 0 fully saturated rings. The van der Waals surface area contributed by atoms with Gasteiger partial charge in [-0.25, -0.2) is 4.98 Å². The number of rotatable bonds is 3. The summed E-state index contributed by atoms with van der Waals surface area (Å²) in [5.41, 5.74) is 5.59. The summed E-state index contributed by atoms with van der Waals surface area (Å²) in [5.74, 6) is 0.865. The van der Waals surface area contributed by atoms with E-state index in [4.69, 9.17) is 5.73 Å². The van der Waals surface area contributed by atoms with E-state index in [9.17, 15) is 0 Å². The standard InChI is InChI=1S/C8H12N6S/c1-5(7-13-11-4-14(7)2)12-8-10-3-6(9)15-8/h3-5H,9H2,1-2H3,(H,10,12). The molecule has 0 radical (unpaired) electrons. The fourth-order valence-corrected chi connectivity index (χ4v) is 1.96. The molecule has 0 amide bonds. The molecule has 1 unspecified atom stereocenters. The summed E-state index contributed by atoms with van der Waals surface area (Å²) in [6.07, 6.45) is 3.31. The van der Waals surface area contributed by atoms with Crippen molar-refractivity contribution in [3.05, 3.63) is 18.3 Å². The minimum atomic E-state index is 0.0584. The number of nitrogen functional groups attached to an aromatic ring is 1. The Hall–Kier alpha value is -1.63. The lowest BCUT2D eigenvalue weighted by molar-refractivity contribution is 0.718. The molecule has 3 N–H and O–H groups in total. The number of aromatic nitrogens is 4. The summed E-state index contributed by atoms with van der Waals surface area (Å²) in [5, 5.41) is 12.5. The summed E-state index contributed by atoms with van der Waals surface area (Å²) >= 11 is 1.42. The molecule has 0 saturated carbocycles. The average molecular weight is 224 g/mol. The van der Waals surface area contributed by atoms with E-state index in [0.717, 1.165) is 11.0 Å². The maximum Gasteiger partial charge on any atom is 0.185 e. The summed E-state index contributed by atoms with van der Waals surface area (Å²) in [4.78, 5) is 4.12. The second-order valence-corrected chi connectivity index (χ2v) is 4.30. The normalized spacial score (nSPS) is 12.7. The smallest absolute Gasteiger partial charge is 0.185 e. The van der Waals surface area contributed by atoms with E-state index in [1.807, 2.05) is 18.5 Å². The molecule has 0 saturated heterocycles. The molecule has 2 heterocycles. The molecular weight excluding hydrogens is 212 g/mol. The van der Waals surface area contributed by atoms with Gasteiger partial charge in [0.15, 0.2) is 11.0 Å². The molecule has 0 aliphatic heterocycles. The Kier molecular flexibility index (Phi) is 2.55. The highest BCUT2D eigenvalue weighted by atomic mass is 32.1. The first kappa shape index (κ1) is 9.91. The molecule has 2 aromatic heterocycles. The van der Waals surface area contributed by atoms with E-state index < -0.39 is 0 Å². The van der Waals surface area contributed by atoms with Crippen LogP contribution in [0, 0.1) is 0 Å². The van der Waals surface area contributed by atoms with Crippen LogP contribution >= 0.6 is 11.3 Å². The highest BCUT2D eigenvalue weighted by Crippen LogP contribution is 2.23. The minimum Gasteiger partial charge on any atom is -0.389 e. The fourth-order valence-electron chi connectivity index (χ4n) is 1.29. The number of anilines is 2. The van der Waals surface area contributed by atoms with Crippen molar-refractivity contribution in [3.63, 3.8) is 0 Å². The van der Waals surface area contributed by atoms with Gasteiger partial charge in [0.1, 0.15) is 11.3 Å². The lowest BCUT2D eigenvalue weighted by Crippen LogP contribution is -2.11. The Morgan fingerprint density at radius 3 is 2.93 bits per heavy atom. The number of nitrogens with zero attached hydrogens (tertiary/aromatic N) is 4. The number of aryl methyl sites for hydroxylation is 1. The highest BCUT2D eigenvalue weighted by molar-refractivity contribution is 7.19. The zero-order valence-electron chi connectivity index (χ0n) is 8.51. The van der Waals surface area contributed by atoms with Gasteiger partial charge in [-0.3, -0.25) is 0 Å². The molecule has 2 aromatic rings. The number of hydrogen-bond acceptors (Lipinski definition) is 6. The van der Waals surface area contributed by atoms with E-state index in [1.54, 1.807) is 12.5 Å². The number of nitrogens with two attached hydrogens (primary N) is 1. The van der Waals surface area contributed by atoms with Gasteiger partial charge < -0.3 is 15.6 Å². The quantitative estimate of drug-likeness (QED) is 0.813. The van der Waals surface area contributed by atoms with Gasteiger partial charge in [0.05, 0.1) is 12.2 Å². The molecule has 0 aliphatic carbocycles. The molecule has 6 nitrogen and oxygen atoms in total. The van der Waals surface area contributed by atoms with E-state index >= 15 is 0 Å². The highest BCUT2D eigenvalue weighted by Gasteiger charge is 2.12. The van der Waals surface area contributed by atoms with Crippen molar-refractivity contribution in [2.75, 3.05) is 11.1 Å². The van der Waals surface area contributed by atoms with E-state index in [-0.39, 0.29) is 6.04 Å². The van der Waals surface area contributed by atoms with Crippen molar-refractivity contribution < 1.29 is 0 Å². The van der Waals surface area contributed by atoms with Crippen LogP contribution in [-0.4, -0.2) is 19.7 Å². The third-order valence-corrected chi connectivity index (χ3v) is 2.75. The zero-order chi connectivity index (χ0) is 10.8. The van der Waals surface area contributed by atoms with Gasteiger partial charge in [0.25, 0.3) is 0 Å². The monoisotopic (exact) mass is 224 g/mol. The summed E-state index contributed by atoms with van der Waals surface area (Å²) < 4.78 is 1.87. The molecule has 0 aromatic carbocycles. The predicted molar refractivity (Wildman–Crippen MR) is 59.6 cm³/mol. The van der Waals surface area contributed by atoms with Gasteiger partial charge in [0, 0.05) is 7.05 Å². The minimum absolute atomic E-state index is 0.0584. The fraction of sp³-hybridized carbons (Fsp3) is 0.375. The maximum absolute atomic E-state index is 5.59. The van der Waals surface area contributed by atoms with Crippen molar-refractivity contribution in [1.29, 1.82) is 0 Å². The van der Waals surface area contributed by atoms with Crippen molar-refractivity contribution in [2.24, 2.45) is 7.05 Å². The van der Waals surface area contributed by atoms with Gasteiger partial charge in [-0.05, 0) is 6.92 Å². The molecule has 1 atom stereocenters. The van der Waals surface area contributed by atoms with Crippen molar-refractivity contribution >= 4 is 21.5 Å². The summed E-state index contributed by atoms with van der Waals surface area (Å²) in [6.45, 7) is 2.00. The van der Waals surface area contributed by atoms with Crippen LogP contribution in [0.25, 0.3) is 0 Å². The molecule has 0 spiro atoms. The first-order chi connectivity index (χ1) is 7.16. The Labute approximate surface area is 91.2 Å². The first-order valence-corrected chi connectivity index (χ1v) is 5.30. The van der Waals surface area contributed by atoms with E-state index in [1.165, 1.54) is 11.3 Å². The summed E-state index contributed by atoms with van der Waals surface area (Å²) in [7, 11) is 1.91. The second kappa shape index (κ2) is 3.85. The summed E-state index contributed by atoms with van der Waals surface area (Å²) in [6, 6.07) is 0.0584. The van der Waals surface area contributed by atoms with Gasteiger partial charge >= 0.3 is 0 Å². The Bertz CT molecular complexity index is 447. The number of thiazole rings is 1. The third-order valence-electron chi connectivity index (χ3n) is 2.00. The SMILES string of the molecule is CC(Nc1ncc(N)s1)c1nncn1C. The lowest BCUT2D eigenvalue weighted by atomic mass is 10.3. The van der Waals surface area contributed by atoms with Crippen LogP contribution < -0.4 is 11.1 Å². The van der Waals surface area contributed by atoms with E-state index in [0.29, 0.717) is 5.00 Å². The van der Waals surface area contributed by atoms with Crippen LogP contribution in [-0.2, 0) is 7.05 Å². The topological polar surface area (TPSA) is 81.7 Å². The molecule has 15 heavy (non-hydrogen) atoms. The number of nitrogens with one attached hydrogen (secondary N) is 1. The molecule has 2 rings (SSSR count). The van der Waals surface area contributed by atoms with Gasteiger partial charge in [0.2, 0.25) is 0 Å². The largest absolute Gasteiger partial charge is 0.389 e. The number of hydrogen-bond donors (Lipinski definition) is 2. The van der Waals surface area contributed by atoms with Crippen LogP contribution in [0.5, 0.6) is 0 Å². The molecule has 7 heteroatoms. The van der Waals surface area contributed by atoms with Gasteiger partial charge in [-0.1, -0.05) is 11.3 Å². The Morgan fingerprint density at radius 2 is 2.40 bits per heavy atom. The van der Waals surface area contributed by atoms with Crippen molar-refractivity contribution in [3.8, 4) is 0 Å². The van der Waals surface area contributed by atoms with Crippen LogP contribution in [0.2, 0.25) is 0 Å². The van der Waals surface area contributed by atoms with Crippen molar-refractivity contribution in [1.82, 2.24) is 19.7 Å². The average Bonchev–Trinajstić information content (AvgIpc) is 2.75. The third kappa shape index (κ3) is 2.07. The van der Waals surface area contributed by atoms with Gasteiger partial charge in [-0.2, -0.15) is 0 Å². The van der Waals surface area contributed by atoms with Crippen LogP contribution in [0.15, 0.2) is 12.5 Å². The van der Waals surface area contributed by atoms with Crippen LogP contribution in [0.1, 0.15) is 18.8 Å². The molecule has 0 bridgehead atoms. The molecule has 80 valence electrons. The second-order valence-electron chi connectivity index (χ2n) is 3.23. The zero-order valence-corrected chi connectivity index (χ0v) is 9.32. The van der Waals surface area contributed by atoms with Gasteiger partial charge in [-0.15, -0.1) is 10.2 Å². The maximum atomic E-state index is 5.59. The Morgan fingerprint density at radius 1 is 1.60 bits per heavy atom. The van der Waals surface area contributed by atoms with Crippen LogP contribution in [0.3, 0.4) is 0 Å². The molecular formula is C8H12N6S. The Balaban J connectivity index is 2.10. The predicted octanol–water partition coefficient (Wildman–Crippen LogP) is 1.03. The molecule has 0 aliphatic rings. The first-order valence-electron chi connectivity index (χ1n) is 4.48. The van der Waals surface area contributed by atoms with E-state index in [2.05, 4.69) is 20.5 Å². The van der Waals surface area contributed by atoms with Crippen LogP contribution in [0.4, 0.5) is 10.1 Å². The lowest BCUT2D eigenvalue weighted by Gasteiger charge is -2.11.